The summed E-state index contributed by atoms with van der Waals surface area (Å²) in [7, 11) is 1.52. The second-order valence-corrected chi connectivity index (χ2v) is 9.87. The fourth-order valence-corrected chi connectivity index (χ4v) is 4.62. The molecule has 0 bridgehead atoms. The average molecular weight is 579 g/mol. The van der Waals surface area contributed by atoms with Crippen molar-refractivity contribution >= 4 is 11.0 Å². The maximum Gasteiger partial charge on any atom is 0.229 e. The molecule has 0 radical (unpaired) electrons. The van der Waals surface area contributed by atoms with E-state index in [2.05, 4.69) is 0 Å². The number of rotatable bonds is 8. The number of phenols is 1. The molecule has 2 aromatic carbocycles. The fourth-order valence-electron chi connectivity index (χ4n) is 4.62. The molecule has 5 rings (SSSR count). The van der Waals surface area contributed by atoms with Gasteiger partial charge in [0.1, 0.15) is 70.1 Å². The molecule has 3 heterocycles. The smallest absolute Gasteiger partial charge is 0.229 e. The highest BCUT2D eigenvalue weighted by atomic mass is 16.7. The monoisotopic (exact) mass is 578 g/mol. The van der Waals surface area contributed by atoms with E-state index in [9.17, 15) is 40.5 Å². The normalized spacial score (nSPS) is 31.8. The Bertz CT molecular complexity index is 1420. The second-order valence-electron chi connectivity index (χ2n) is 9.87. The second kappa shape index (κ2) is 11.5. The van der Waals surface area contributed by atoms with E-state index in [0.29, 0.717) is 11.3 Å². The van der Waals surface area contributed by atoms with Crippen molar-refractivity contribution in [3.63, 3.8) is 0 Å². The molecule has 0 spiro atoms. The maximum atomic E-state index is 12.8. The molecule has 0 amide bonds. The molecule has 41 heavy (non-hydrogen) atoms. The van der Waals surface area contributed by atoms with E-state index < -0.39 is 79.7 Å². The Labute approximate surface area is 232 Å². The zero-order valence-corrected chi connectivity index (χ0v) is 21.7. The van der Waals surface area contributed by atoms with Crippen LogP contribution in [0.5, 0.6) is 17.2 Å². The van der Waals surface area contributed by atoms with Gasteiger partial charge in [0.2, 0.25) is 6.29 Å². The van der Waals surface area contributed by atoms with Crippen LogP contribution in [0.3, 0.4) is 0 Å². The predicted molar refractivity (Wildman–Crippen MR) is 137 cm³/mol. The summed E-state index contributed by atoms with van der Waals surface area (Å²) in [5.74, 6) is 0.239. The predicted octanol–water partition coefficient (Wildman–Crippen LogP) is -1.18. The Morgan fingerprint density at radius 2 is 1.71 bits per heavy atom. The van der Waals surface area contributed by atoms with Crippen LogP contribution >= 0.6 is 0 Å². The molecule has 14 nitrogen and oxygen atoms in total. The van der Waals surface area contributed by atoms with Crippen molar-refractivity contribution in [2.75, 3.05) is 26.9 Å². The van der Waals surface area contributed by atoms with Gasteiger partial charge in [0, 0.05) is 23.8 Å². The van der Waals surface area contributed by atoms with E-state index in [4.69, 9.17) is 28.1 Å². The summed E-state index contributed by atoms with van der Waals surface area (Å²) in [6.07, 6.45) is -11.0. The van der Waals surface area contributed by atoms with Gasteiger partial charge in [-0.05, 0) is 24.3 Å². The van der Waals surface area contributed by atoms with Crippen LogP contribution in [0.1, 0.15) is 0 Å². The van der Waals surface area contributed by atoms with Gasteiger partial charge < -0.3 is 63.8 Å². The zero-order valence-electron chi connectivity index (χ0n) is 21.7. The Kier molecular flexibility index (Phi) is 8.20. The van der Waals surface area contributed by atoms with Crippen LogP contribution in [0.2, 0.25) is 0 Å². The number of aromatic hydroxyl groups is 1. The first kappa shape index (κ1) is 29.2. The van der Waals surface area contributed by atoms with Crippen LogP contribution in [0, 0.1) is 0 Å². The van der Waals surface area contributed by atoms with E-state index in [1.165, 1.54) is 19.2 Å². The Balaban J connectivity index is 1.35. The van der Waals surface area contributed by atoms with Crippen molar-refractivity contribution in [2.45, 2.75) is 48.7 Å². The summed E-state index contributed by atoms with van der Waals surface area (Å²) < 4.78 is 32.8. The van der Waals surface area contributed by atoms with Gasteiger partial charge in [-0.2, -0.15) is 0 Å². The molecular formula is C27H30O14. The number of methoxy groups -OCH3 is 1. The largest absolute Gasteiger partial charge is 0.507 e. The van der Waals surface area contributed by atoms with Gasteiger partial charge in [0.25, 0.3) is 0 Å². The van der Waals surface area contributed by atoms with E-state index in [1.807, 2.05) is 0 Å². The molecule has 222 valence electrons. The number of benzene rings is 2. The molecule has 0 saturated carbocycles. The van der Waals surface area contributed by atoms with Gasteiger partial charge in [-0.1, -0.05) is 0 Å². The van der Waals surface area contributed by atoms with Crippen molar-refractivity contribution in [1.82, 2.24) is 0 Å². The van der Waals surface area contributed by atoms with Crippen molar-refractivity contribution in [3.8, 4) is 28.6 Å². The lowest BCUT2D eigenvalue weighted by atomic mass is 9.99. The van der Waals surface area contributed by atoms with E-state index in [-0.39, 0.29) is 22.5 Å². The highest BCUT2D eigenvalue weighted by molar-refractivity contribution is 5.86. The molecule has 0 aliphatic carbocycles. The number of fused-ring (bicyclic) bond motifs is 1. The number of aliphatic hydroxyl groups excluding tert-OH is 5. The third-order valence-electron chi connectivity index (χ3n) is 7.08. The third kappa shape index (κ3) is 5.61. The number of aliphatic hydroxyl groups is 6. The summed E-state index contributed by atoms with van der Waals surface area (Å²) in [4.78, 5) is 12.8. The quantitative estimate of drug-likeness (QED) is 0.167. The van der Waals surface area contributed by atoms with Crippen LogP contribution in [-0.2, 0) is 14.2 Å². The molecule has 2 aliphatic heterocycles. The van der Waals surface area contributed by atoms with E-state index >= 15 is 0 Å². The molecule has 14 heteroatoms. The maximum absolute atomic E-state index is 12.8. The summed E-state index contributed by atoms with van der Waals surface area (Å²) in [5, 5.41) is 71.3. The third-order valence-corrected chi connectivity index (χ3v) is 7.08. The average Bonchev–Trinajstić information content (AvgIpc) is 3.25. The molecular weight excluding hydrogens is 548 g/mol. The van der Waals surface area contributed by atoms with Crippen LogP contribution in [0.4, 0.5) is 0 Å². The zero-order chi connectivity index (χ0) is 29.5. The summed E-state index contributed by atoms with van der Waals surface area (Å²) in [5.41, 5.74) is -1.92. The van der Waals surface area contributed by atoms with Crippen molar-refractivity contribution < 1.29 is 63.8 Å². The summed E-state index contributed by atoms with van der Waals surface area (Å²) in [6, 6.07) is 10.4. The first-order valence-electron chi connectivity index (χ1n) is 12.6. The minimum absolute atomic E-state index is 0.0344. The molecule has 0 unspecified atom stereocenters. The van der Waals surface area contributed by atoms with Crippen molar-refractivity contribution in [1.29, 1.82) is 0 Å². The number of ether oxygens (including phenoxy) is 5. The molecule has 2 saturated heterocycles. The highest BCUT2D eigenvalue weighted by Gasteiger charge is 2.50. The number of hydrogen-bond acceptors (Lipinski definition) is 14. The summed E-state index contributed by atoms with van der Waals surface area (Å²) >= 11 is 0. The van der Waals surface area contributed by atoms with Crippen LogP contribution < -0.4 is 14.9 Å². The standard InChI is InChI=1S/C27H30O14/c1-36-13-4-2-12(3-5-13)17-8-16(30)20-15(29)6-14(7-18(20)40-17)39-25-23(33)22(32)21(31)19(41-25)9-37-26-24(34)27(35,10-28)11-38-26/h2-8,19,21-26,28-29,31-35H,9-11H2,1H3/t19-,21+,22+,23-,24-,25-,26-,27+/m1/s1. The van der Waals surface area contributed by atoms with Crippen LogP contribution in [0.25, 0.3) is 22.3 Å². The molecule has 1 aromatic heterocycles. The lowest BCUT2D eigenvalue weighted by Gasteiger charge is -2.40. The van der Waals surface area contributed by atoms with Crippen LogP contribution in [0.15, 0.2) is 51.7 Å². The van der Waals surface area contributed by atoms with Gasteiger partial charge >= 0.3 is 0 Å². The number of phenolic OH excluding ortho intramolecular Hbond substituents is 1. The first-order chi connectivity index (χ1) is 19.5. The molecule has 3 aromatic rings. The fraction of sp³-hybridized carbons (Fsp3) is 0.444. The van der Waals surface area contributed by atoms with Crippen molar-refractivity contribution in [3.05, 3.63) is 52.7 Å². The minimum Gasteiger partial charge on any atom is -0.507 e. The molecule has 2 aliphatic rings. The number of hydrogen-bond donors (Lipinski definition) is 7. The Hall–Kier alpha value is -3.31. The SMILES string of the molecule is COc1ccc(-c2cc(=O)c3c(O)cc(O[C@@H]4O[C@H](CO[C@@H]5OC[C@@](O)(CO)[C@@H]5O)[C@H](O)[C@H](O)[C@H]4O)cc3o2)cc1. The summed E-state index contributed by atoms with van der Waals surface area (Å²) in [6.45, 7) is -1.66. The molecule has 8 atom stereocenters. The van der Waals surface area contributed by atoms with Gasteiger partial charge in [-0.3, -0.25) is 4.79 Å². The highest BCUT2D eigenvalue weighted by Crippen LogP contribution is 2.34. The minimum atomic E-state index is -1.93. The van der Waals surface area contributed by atoms with Gasteiger partial charge in [-0.15, -0.1) is 0 Å². The van der Waals surface area contributed by atoms with E-state index in [1.54, 1.807) is 24.3 Å². The topological polar surface area (TPSA) is 218 Å². The van der Waals surface area contributed by atoms with Gasteiger partial charge in [-0.25, -0.2) is 0 Å². The first-order valence-corrected chi connectivity index (χ1v) is 12.6. The lowest BCUT2D eigenvalue weighted by Crippen LogP contribution is -2.60. The Morgan fingerprint density at radius 1 is 0.976 bits per heavy atom. The molecule has 7 N–H and O–H groups in total. The van der Waals surface area contributed by atoms with Gasteiger partial charge in [0.15, 0.2) is 11.7 Å². The Morgan fingerprint density at radius 3 is 2.37 bits per heavy atom. The van der Waals surface area contributed by atoms with Crippen LogP contribution in [-0.4, -0.2) is 111 Å². The lowest BCUT2D eigenvalue weighted by molar-refractivity contribution is -0.289. The van der Waals surface area contributed by atoms with E-state index in [0.717, 1.165) is 6.07 Å². The van der Waals surface area contributed by atoms with Gasteiger partial charge in [0.05, 0.1) is 26.9 Å². The van der Waals surface area contributed by atoms with Crippen molar-refractivity contribution in [2.24, 2.45) is 0 Å². The molecule has 2 fully saturated rings.